The summed E-state index contributed by atoms with van der Waals surface area (Å²) in [5, 5.41) is 15.8. The van der Waals surface area contributed by atoms with Crippen molar-refractivity contribution >= 4 is 11.9 Å². The number of aliphatic imine (C=N–C) groups is 1. The average Bonchev–Trinajstić information content (AvgIpc) is 3.10. The zero-order valence-electron chi connectivity index (χ0n) is 17.0. The van der Waals surface area contributed by atoms with Gasteiger partial charge in [-0.05, 0) is 56.2 Å². The Bertz CT molecular complexity index is 683. The molecular formula is C22H34N4O2. The van der Waals surface area contributed by atoms with Crippen LogP contribution >= 0.6 is 0 Å². The fourth-order valence-corrected chi connectivity index (χ4v) is 4.47. The van der Waals surface area contributed by atoms with Crippen LogP contribution < -0.4 is 10.6 Å². The van der Waals surface area contributed by atoms with Crippen molar-refractivity contribution in [1.82, 2.24) is 15.5 Å². The van der Waals surface area contributed by atoms with E-state index in [1.165, 1.54) is 44.6 Å². The van der Waals surface area contributed by atoms with Gasteiger partial charge >= 0.3 is 0 Å². The summed E-state index contributed by atoms with van der Waals surface area (Å²) in [4.78, 5) is 19.3. The topological polar surface area (TPSA) is 77.0 Å². The molecule has 6 heteroatoms. The van der Waals surface area contributed by atoms with Crippen LogP contribution in [0.3, 0.4) is 0 Å². The molecular weight excluding hydrogens is 352 g/mol. The number of benzene rings is 1. The minimum absolute atomic E-state index is 0.105. The number of nitrogens with one attached hydrogen (secondary N) is 2. The zero-order chi connectivity index (χ0) is 19.8. The summed E-state index contributed by atoms with van der Waals surface area (Å²) in [6.45, 7) is 6.47. The maximum absolute atomic E-state index is 12.1. The second kappa shape index (κ2) is 9.80. The zero-order valence-corrected chi connectivity index (χ0v) is 17.0. The first-order valence-electron chi connectivity index (χ1n) is 10.7. The Kier molecular flexibility index (Phi) is 7.18. The van der Waals surface area contributed by atoms with Gasteiger partial charge in [0.2, 0.25) is 0 Å². The molecule has 3 rings (SSSR count). The summed E-state index contributed by atoms with van der Waals surface area (Å²) in [6.07, 6.45) is 8.95. The first-order chi connectivity index (χ1) is 13.6. The van der Waals surface area contributed by atoms with Crippen LogP contribution in [0.1, 0.15) is 62.2 Å². The van der Waals surface area contributed by atoms with E-state index in [1.807, 2.05) is 0 Å². The maximum atomic E-state index is 12.1. The monoisotopic (exact) mass is 386 g/mol. The number of aromatic hydroxyl groups is 1. The number of phenols is 1. The van der Waals surface area contributed by atoms with Gasteiger partial charge in [-0.2, -0.15) is 0 Å². The van der Waals surface area contributed by atoms with E-state index in [2.05, 4.69) is 22.5 Å². The van der Waals surface area contributed by atoms with Gasteiger partial charge in [-0.25, -0.2) is 0 Å². The largest absolute Gasteiger partial charge is 0.508 e. The SMILES string of the molecule is CCNC(=NCCCNC(=O)c1cccc(O)c1)N1CCC2(CCCCC2)C1. The van der Waals surface area contributed by atoms with Gasteiger partial charge in [0.1, 0.15) is 5.75 Å². The van der Waals surface area contributed by atoms with Crippen molar-refractivity contribution in [2.75, 3.05) is 32.7 Å². The van der Waals surface area contributed by atoms with Crippen molar-refractivity contribution in [3.8, 4) is 5.75 Å². The van der Waals surface area contributed by atoms with Gasteiger partial charge < -0.3 is 20.6 Å². The molecule has 1 spiro atoms. The molecule has 0 atom stereocenters. The van der Waals surface area contributed by atoms with Crippen LogP contribution in [-0.4, -0.2) is 54.6 Å². The normalized spacial score (nSPS) is 19.0. The first-order valence-corrected chi connectivity index (χ1v) is 10.7. The molecule has 1 aromatic rings. The Morgan fingerprint density at radius 2 is 2.04 bits per heavy atom. The fraction of sp³-hybridized carbons (Fsp3) is 0.636. The number of likely N-dealkylation sites (tertiary alicyclic amines) is 1. The minimum Gasteiger partial charge on any atom is -0.508 e. The van der Waals surface area contributed by atoms with Gasteiger partial charge in [0.25, 0.3) is 5.91 Å². The molecule has 1 aliphatic carbocycles. The number of rotatable bonds is 6. The molecule has 1 aromatic carbocycles. The molecule has 2 aliphatic rings. The highest BCUT2D eigenvalue weighted by Gasteiger charge is 2.39. The summed E-state index contributed by atoms with van der Waals surface area (Å²) in [5.74, 6) is 0.962. The third-order valence-corrected chi connectivity index (χ3v) is 5.98. The van der Waals surface area contributed by atoms with Gasteiger partial charge in [0.15, 0.2) is 5.96 Å². The highest BCUT2D eigenvalue weighted by molar-refractivity contribution is 5.94. The molecule has 1 heterocycles. The Morgan fingerprint density at radius 1 is 1.21 bits per heavy atom. The van der Waals surface area contributed by atoms with Crippen LogP contribution in [0.25, 0.3) is 0 Å². The van der Waals surface area contributed by atoms with Crippen molar-refractivity contribution in [2.24, 2.45) is 10.4 Å². The Morgan fingerprint density at radius 3 is 2.79 bits per heavy atom. The molecule has 0 aromatic heterocycles. The van der Waals surface area contributed by atoms with Crippen LogP contribution in [0.2, 0.25) is 0 Å². The van der Waals surface area contributed by atoms with Crippen LogP contribution in [-0.2, 0) is 0 Å². The summed E-state index contributed by atoms with van der Waals surface area (Å²) < 4.78 is 0. The number of phenolic OH excluding ortho intramolecular Hbond substituents is 1. The molecule has 28 heavy (non-hydrogen) atoms. The lowest BCUT2D eigenvalue weighted by atomic mass is 9.73. The second-order valence-corrected chi connectivity index (χ2v) is 8.13. The predicted octanol–water partition coefficient (Wildman–Crippen LogP) is 3.13. The molecule has 3 N–H and O–H groups in total. The van der Waals surface area contributed by atoms with Crippen molar-refractivity contribution < 1.29 is 9.90 Å². The third kappa shape index (κ3) is 5.40. The van der Waals surface area contributed by atoms with E-state index in [0.717, 1.165) is 32.0 Å². The smallest absolute Gasteiger partial charge is 0.251 e. The highest BCUT2D eigenvalue weighted by atomic mass is 16.3. The first kappa shape index (κ1) is 20.5. The van der Waals surface area contributed by atoms with Crippen molar-refractivity contribution in [1.29, 1.82) is 0 Å². The molecule has 0 radical (unpaired) electrons. The lowest BCUT2D eigenvalue weighted by molar-refractivity contribution is 0.0953. The van der Waals surface area contributed by atoms with Gasteiger partial charge in [-0.3, -0.25) is 9.79 Å². The fourth-order valence-electron chi connectivity index (χ4n) is 4.47. The average molecular weight is 387 g/mol. The number of carbonyl (C=O) groups is 1. The van der Waals surface area contributed by atoms with Crippen molar-refractivity contribution in [3.05, 3.63) is 29.8 Å². The van der Waals surface area contributed by atoms with Gasteiger partial charge in [-0.15, -0.1) is 0 Å². The van der Waals surface area contributed by atoms with Crippen LogP contribution in [0.15, 0.2) is 29.3 Å². The summed E-state index contributed by atoms with van der Waals surface area (Å²) in [6, 6.07) is 6.41. The van der Waals surface area contributed by atoms with E-state index in [9.17, 15) is 9.90 Å². The Hall–Kier alpha value is -2.24. The predicted molar refractivity (Wildman–Crippen MR) is 113 cm³/mol. The molecule has 1 saturated carbocycles. The van der Waals surface area contributed by atoms with E-state index < -0.39 is 0 Å². The van der Waals surface area contributed by atoms with E-state index in [0.29, 0.717) is 24.1 Å². The Labute approximate surface area is 168 Å². The number of hydrogen-bond donors (Lipinski definition) is 3. The molecule has 2 fully saturated rings. The van der Waals surface area contributed by atoms with Gasteiger partial charge in [0, 0.05) is 38.3 Å². The number of carbonyl (C=O) groups excluding carboxylic acids is 1. The summed E-state index contributed by atoms with van der Waals surface area (Å²) in [5.41, 5.74) is 0.996. The van der Waals surface area contributed by atoms with E-state index in [4.69, 9.17) is 4.99 Å². The number of amides is 1. The molecule has 0 unspecified atom stereocenters. The highest BCUT2D eigenvalue weighted by Crippen LogP contribution is 2.43. The Balaban J connectivity index is 1.45. The molecule has 1 amide bonds. The summed E-state index contributed by atoms with van der Waals surface area (Å²) >= 11 is 0. The lowest BCUT2D eigenvalue weighted by Crippen LogP contribution is -2.41. The molecule has 0 bridgehead atoms. The van der Waals surface area contributed by atoms with Crippen LogP contribution in [0.4, 0.5) is 0 Å². The molecule has 1 saturated heterocycles. The van der Waals surface area contributed by atoms with Crippen LogP contribution in [0.5, 0.6) is 5.75 Å². The van der Waals surface area contributed by atoms with E-state index in [-0.39, 0.29) is 11.7 Å². The number of hydrogen-bond acceptors (Lipinski definition) is 3. The minimum atomic E-state index is -0.162. The number of guanidine groups is 1. The van der Waals surface area contributed by atoms with Crippen molar-refractivity contribution in [3.63, 3.8) is 0 Å². The van der Waals surface area contributed by atoms with E-state index in [1.54, 1.807) is 18.2 Å². The van der Waals surface area contributed by atoms with E-state index >= 15 is 0 Å². The quantitative estimate of drug-likeness (QED) is 0.399. The lowest BCUT2D eigenvalue weighted by Gasteiger charge is -2.33. The van der Waals surface area contributed by atoms with Crippen LogP contribution in [0, 0.1) is 5.41 Å². The van der Waals surface area contributed by atoms with Gasteiger partial charge in [0.05, 0.1) is 0 Å². The van der Waals surface area contributed by atoms with Crippen molar-refractivity contribution in [2.45, 2.75) is 51.9 Å². The molecule has 1 aliphatic heterocycles. The third-order valence-electron chi connectivity index (χ3n) is 5.98. The molecule has 154 valence electrons. The standard InChI is InChI=1S/C22H34N4O2/c1-2-23-21(26-15-12-22(17-26)10-4-3-5-11-22)25-14-7-13-24-20(28)18-8-6-9-19(27)16-18/h6,8-9,16,27H,2-5,7,10-15,17H2,1H3,(H,23,25)(H,24,28). The maximum Gasteiger partial charge on any atom is 0.251 e. The number of nitrogens with zero attached hydrogens (tertiary/aromatic N) is 2. The second-order valence-electron chi connectivity index (χ2n) is 8.13. The molecule has 6 nitrogen and oxygen atoms in total. The van der Waals surface area contributed by atoms with Gasteiger partial charge in [-0.1, -0.05) is 25.3 Å². The summed E-state index contributed by atoms with van der Waals surface area (Å²) in [7, 11) is 0.